The first-order chi connectivity index (χ1) is 15.3. The number of nitrogens with zero attached hydrogens (tertiary/aromatic N) is 2. The Labute approximate surface area is 184 Å². The van der Waals surface area contributed by atoms with Crippen LogP contribution >= 0.6 is 0 Å². The molecule has 0 unspecified atom stereocenters. The van der Waals surface area contributed by atoms with Crippen LogP contribution in [0.25, 0.3) is 22.0 Å². The van der Waals surface area contributed by atoms with E-state index in [9.17, 15) is 17.6 Å². The van der Waals surface area contributed by atoms with E-state index in [-0.39, 0.29) is 22.4 Å². The molecule has 1 aromatic heterocycles. The number of hydrogen-bond donors (Lipinski definition) is 1. The molecule has 0 bridgehead atoms. The van der Waals surface area contributed by atoms with E-state index in [1.807, 2.05) is 0 Å². The number of amides is 1. The Balaban J connectivity index is 1.57. The maximum Gasteiger partial charge on any atom is 0.283 e. The van der Waals surface area contributed by atoms with E-state index >= 15 is 0 Å². The third kappa shape index (κ3) is 3.56. The summed E-state index contributed by atoms with van der Waals surface area (Å²) in [5, 5.41) is 7.56. The molecule has 0 atom stereocenters. The molecule has 3 aromatic carbocycles. The van der Waals surface area contributed by atoms with Gasteiger partial charge in [-0.15, -0.1) is 0 Å². The molecule has 8 heteroatoms. The SMILES string of the molecule is Cc1c(F)cc(C(=O)NC2CC2)cc1-c1ccc2c(cnn2S(=O)(=O)c2ccccc2)c1. The first-order valence-electron chi connectivity index (χ1n) is 10.2. The average Bonchev–Trinajstić information content (AvgIpc) is 3.50. The lowest BCUT2D eigenvalue weighted by atomic mass is 9.96. The van der Waals surface area contributed by atoms with Crippen molar-refractivity contribution in [3.63, 3.8) is 0 Å². The van der Waals surface area contributed by atoms with Crippen molar-refractivity contribution in [3.05, 3.63) is 83.8 Å². The number of hydrogen-bond acceptors (Lipinski definition) is 4. The minimum atomic E-state index is -3.85. The Hall–Kier alpha value is -3.52. The standard InChI is InChI=1S/C24H20FN3O3S/c1-15-21(12-17(13-22(15)25)24(29)27-19-8-9-19)16-7-10-23-18(11-16)14-26-28(23)32(30,31)20-5-3-2-4-6-20/h2-7,10-14,19H,8-9H2,1H3,(H,27,29). The molecule has 162 valence electrons. The van der Waals surface area contributed by atoms with Gasteiger partial charge in [-0.3, -0.25) is 4.79 Å². The van der Waals surface area contributed by atoms with Crippen LogP contribution in [0.3, 0.4) is 0 Å². The smallest absolute Gasteiger partial charge is 0.283 e. The van der Waals surface area contributed by atoms with Crippen molar-refractivity contribution in [1.29, 1.82) is 0 Å². The van der Waals surface area contributed by atoms with E-state index in [2.05, 4.69) is 10.4 Å². The van der Waals surface area contributed by atoms with Crippen molar-refractivity contribution < 1.29 is 17.6 Å². The first kappa shape index (κ1) is 20.4. The van der Waals surface area contributed by atoms with Gasteiger partial charge in [0.2, 0.25) is 0 Å². The van der Waals surface area contributed by atoms with Gasteiger partial charge in [0.05, 0.1) is 16.6 Å². The molecule has 1 saturated carbocycles. The van der Waals surface area contributed by atoms with Crippen LogP contribution < -0.4 is 5.32 Å². The third-order valence-corrected chi connectivity index (χ3v) is 7.25. The zero-order valence-corrected chi connectivity index (χ0v) is 18.1. The minimum Gasteiger partial charge on any atom is -0.349 e. The molecular formula is C24H20FN3O3S. The molecular weight excluding hydrogens is 429 g/mol. The number of aromatic nitrogens is 2. The van der Waals surface area contributed by atoms with Crippen molar-refractivity contribution in [2.24, 2.45) is 0 Å². The molecule has 32 heavy (non-hydrogen) atoms. The summed E-state index contributed by atoms with van der Waals surface area (Å²) in [6.45, 7) is 1.65. The second-order valence-corrected chi connectivity index (χ2v) is 9.72. The van der Waals surface area contributed by atoms with E-state index in [1.54, 1.807) is 49.4 Å². The lowest BCUT2D eigenvalue weighted by Gasteiger charge is -2.12. The van der Waals surface area contributed by atoms with Crippen LogP contribution in [0.4, 0.5) is 4.39 Å². The summed E-state index contributed by atoms with van der Waals surface area (Å²) in [4.78, 5) is 12.6. The van der Waals surface area contributed by atoms with Gasteiger partial charge in [0.15, 0.2) is 0 Å². The van der Waals surface area contributed by atoms with Crippen LogP contribution in [0, 0.1) is 12.7 Å². The molecule has 1 aliphatic rings. The number of rotatable bonds is 5. The quantitative estimate of drug-likeness (QED) is 0.493. The number of carbonyl (C=O) groups is 1. The monoisotopic (exact) mass is 449 g/mol. The Morgan fingerprint density at radius 3 is 2.56 bits per heavy atom. The summed E-state index contributed by atoms with van der Waals surface area (Å²) in [6, 6.07) is 16.3. The summed E-state index contributed by atoms with van der Waals surface area (Å²) in [5.41, 5.74) is 2.34. The van der Waals surface area contributed by atoms with Crippen molar-refractivity contribution in [2.75, 3.05) is 0 Å². The van der Waals surface area contributed by atoms with Crippen LogP contribution in [0.5, 0.6) is 0 Å². The van der Waals surface area contributed by atoms with Crippen molar-refractivity contribution in [1.82, 2.24) is 14.5 Å². The van der Waals surface area contributed by atoms with Gasteiger partial charge in [0.25, 0.3) is 15.9 Å². The largest absolute Gasteiger partial charge is 0.349 e. The summed E-state index contributed by atoms with van der Waals surface area (Å²) in [5.74, 6) is -0.763. The van der Waals surface area contributed by atoms with Gasteiger partial charge < -0.3 is 5.32 Å². The molecule has 0 saturated heterocycles. The fourth-order valence-electron chi connectivity index (χ4n) is 3.67. The van der Waals surface area contributed by atoms with Gasteiger partial charge in [-0.05, 0) is 72.9 Å². The van der Waals surface area contributed by atoms with E-state index in [4.69, 9.17) is 0 Å². The third-order valence-electron chi connectivity index (χ3n) is 5.63. The molecule has 1 amide bonds. The molecule has 0 aliphatic heterocycles. The molecule has 0 spiro atoms. The number of fused-ring (bicyclic) bond motifs is 1. The van der Waals surface area contributed by atoms with Crippen LogP contribution in [0.1, 0.15) is 28.8 Å². The predicted octanol–water partition coefficient (Wildman–Crippen LogP) is 4.28. The Morgan fingerprint density at radius 1 is 1.09 bits per heavy atom. The Kier molecular flexibility index (Phi) is 4.82. The van der Waals surface area contributed by atoms with Crippen molar-refractivity contribution in [2.45, 2.75) is 30.7 Å². The zero-order chi connectivity index (χ0) is 22.5. The fraction of sp³-hybridized carbons (Fsp3) is 0.167. The number of halogens is 1. The summed E-state index contributed by atoms with van der Waals surface area (Å²) in [6.07, 6.45) is 3.35. The van der Waals surface area contributed by atoms with E-state index < -0.39 is 15.8 Å². The second kappa shape index (κ2) is 7.56. The number of benzene rings is 3. The van der Waals surface area contributed by atoms with Crippen molar-refractivity contribution >= 4 is 26.8 Å². The fourth-order valence-corrected chi connectivity index (χ4v) is 4.96. The average molecular weight is 450 g/mol. The highest BCUT2D eigenvalue weighted by molar-refractivity contribution is 7.90. The highest BCUT2D eigenvalue weighted by Crippen LogP contribution is 2.31. The van der Waals surface area contributed by atoms with Crippen LogP contribution in [0.15, 0.2) is 71.8 Å². The molecule has 6 nitrogen and oxygen atoms in total. The molecule has 5 rings (SSSR count). The predicted molar refractivity (Wildman–Crippen MR) is 119 cm³/mol. The highest BCUT2D eigenvalue weighted by Gasteiger charge is 2.25. The van der Waals surface area contributed by atoms with Crippen molar-refractivity contribution in [3.8, 4) is 11.1 Å². The lowest BCUT2D eigenvalue weighted by Crippen LogP contribution is -2.25. The molecule has 1 N–H and O–H groups in total. The zero-order valence-electron chi connectivity index (χ0n) is 17.2. The molecule has 1 fully saturated rings. The van der Waals surface area contributed by atoms with Gasteiger partial charge in [-0.2, -0.15) is 17.6 Å². The second-order valence-electron chi connectivity index (χ2n) is 7.96. The highest BCUT2D eigenvalue weighted by atomic mass is 32.2. The van der Waals surface area contributed by atoms with Crippen LogP contribution in [-0.4, -0.2) is 29.6 Å². The number of carbonyl (C=O) groups excluding carboxylic acids is 1. The summed E-state index contributed by atoms with van der Waals surface area (Å²) >= 11 is 0. The van der Waals surface area contributed by atoms with E-state index in [0.29, 0.717) is 27.6 Å². The lowest BCUT2D eigenvalue weighted by molar-refractivity contribution is 0.0950. The number of nitrogens with one attached hydrogen (secondary N) is 1. The van der Waals surface area contributed by atoms with E-state index in [0.717, 1.165) is 16.9 Å². The van der Waals surface area contributed by atoms with Gasteiger partial charge in [0, 0.05) is 17.0 Å². The molecule has 1 aliphatic carbocycles. The minimum absolute atomic E-state index is 0.140. The Morgan fingerprint density at radius 2 is 1.84 bits per heavy atom. The summed E-state index contributed by atoms with van der Waals surface area (Å²) < 4.78 is 41.6. The normalized spacial score (nSPS) is 13.9. The Bertz CT molecular complexity index is 1460. The van der Waals surface area contributed by atoms with E-state index in [1.165, 1.54) is 24.4 Å². The maximum atomic E-state index is 14.6. The molecule has 0 radical (unpaired) electrons. The summed E-state index contributed by atoms with van der Waals surface area (Å²) in [7, 11) is -3.85. The van der Waals surface area contributed by atoms with Gasteiger partial charge in [-0.1, -0.05) is 24.3 Å². The van der Waals surface area contributed by atoms with Gasteiger partial charge >= 0.3 is 0 Å². The molecule has 4 aromatic rings. The molecule has 1 heterocycles. The topological polar surface area (TPSA) is 81.1 Å². The first-order valence-corrected chi connectivity index (χ1v) is 11.7. The van der Waals surface area contributed by atoms with Crippen LogP contribution in [0.2, 0.25) is 0 Å². The maximum absolute atomic E-state index is 14.6. The van der Waals surface area contributed by atoms with Gasteiger partial charge in [0.1, 0.15) is 5.82 Å². The van der Waals surface area contributed by atoms with Crippen LogP contribution in [-0.2, 0) is 10.0 Å². The van der Waals surface area contributed by atoms with Gasteiger partial charge in [-0.25, -0.2) is 4.39 Å².